The summed E-state index contributed by atoms with van der Waals surface area (Å²) in [5, 5.41) is 0. The molecule has 1 aliphatic carbocycles. The number of nitrogens with zero attached hydrogens (tertiary/aromatic N) is 1. The quantitative estimate of drug-likeness (QED) is 0.752. The average Bonchev–Trinajstić information content (AvgIpc) is 2.20. The van der Waals surface area contributed by atoms with Gasteiger partial charge in [-0.05, 0) is 45.4 Å². The molecule has 0 aromatic heterocycles. The van der Waals surface area contributed by atoms with Gasteiger partial charge in [0, 0.05) is 25.0 Å². The summed E-state index contributed by atoms with van der Waals surface area (Å²) in [4.78, 5) is 3.24. The Morgan fingerprint density at radius 2 is 1.88 bits per heavy atom. The van der Waals surface area contributed by atoms with Gasteiger partial charge in [0.1, 0.15) is 0 Å². The molecule has 1 aliphatic rings. The lowest BCUT2D eigenvalue weighted by Gasteiger charge is -2.38. The molecule has 0 amide bonds. The Hall–Kier alpha value is -0.150. The molecule has 2 nitrogen and oxygen atoms in total. The van der Waals surface area contributed by atoms with Crippen molar-refractivity contribution in [3.05, 3.63) is 0 Å². The monoisotopic (exact) mass is 242 g/mol. The molecule has 0 spiro atoms. The Morgan fingerprint density at radius 3 is 2.31 bits per heavy atom. The van der Waals surface area contributed by atoms with Crippen LogP contribution in [0.3, 0.4) is 0 Å². The van der Waals surface area contributed by atoms with Gasteiger partial charge in [-0.3, -0.25) is 4.90 Å². The third-order valence-corrected chi connectivity index (χ3v) is 3.94. The summed E-state index contributed by atoms with van der Waals surface area (Å²) < 4.78 is 0. The first-order valence-electron chi connectivity index (χ1n) is 6.54. The molecule has 0 aromatic carbocycles. The molecule has 3 heteroatoms. The molecule has 0 heterocycles. The third kappa shape index (κ3) is 4.38. The van der Waals surface area contributed by atoms with Crippen LogP contribution in [0.15, 0.2) is 0 Å². The Kier molecular flexibility index (Phi) is 5.70. The van der Waals surface area contributed by atoms with Gasteiger partial charge in [0.25, 0.3) is 0 Å². The highest BCUT2D eigenvalue weighted by molar-refractivity contribution is 7.80. The van der Waals surface area contributed by atoms with E-state index in [1.165, 1.54) is 25.7 Å². The summed E-state index contributed by atoms with van der Waals surface area (Å²) in [6.45, 7) is 7.95. The molecular weight excluding hydrogens is 216 g/mol. The average molecular weight is 242 g/mol. The van der Waals surface area contributed by atoms with Gasteiger partial charge in [-0.2, -0.15) is 0 Å². The maximum atomic E-state index is 5.60. The van der Waals surface area contributed by atoms with Crippen molar-refractivity contribution in [1.82, 2.24) is 4.90 Å². The minimum atomic E-state index is 0.604. The fraction of sp³-hybridized carbons (Fsp3) is 0.923. The number of nitrogens with two attached hydrogens (primary N) is 1. The van der Waals surface area contributed by atoms with Gasteiger partial charge in [0.2, 0.25) is 0 Å². The lowest BCUT2D eigenvalue weighted by atomic mass is 9.86. The van der Waals surface area contributed by atoms with Crippen LogP contribution in [0.2, 0.25) is 0 Å². The summed E-state index contributed by atoms with van der Waals surface area (Å²) in [5.74, 6) is 0.917. The number of hydrogen-bond acceptors (Lipinski definition) is 2. The highest BCUT2D eigenvalue weighted by atomic mass is 32.1. The molecule has 1 rings (SSSR count). The van der Waals surface area contributed by atoms with Crippen molar-refractivity contribution in [2.45, 2.75) is 65.0 Å². The van der Waals surface area contributed by atoms with Crippen molar-refractivity contribution < 1.29 is 0 Å². The SMILES string of the molecule is CC1CCC(N(CCC(N)=S)C(C)C)CC1. The van der Waals surface area contributed by atoms with Gasteiger partial charge in [-0.1, -0.05) is 19.1 Å². The van der Waals surface area contributed by atoms with Crippen LogP contribution in [0.25, 0.3) is 0 Å². The zero-order valence-electron chi connectivity index (χ0n) is 10.9. The molecule has 0 unspecified atom stereocenters. The Bertz CT molecular complexity index is 220. The lowest BCUT2D eigenvalue weighted by molar-refractivity contribution is 0.111. The Morgan fingerprint density at radius 1 is 1.31 bits per heavy atom. The van der Waals surface area contributed by atoms with Crippen molar-refractivity contribution in [2.24, 2.45) is 11.7 Å². The van der Waals surface area contributed by atoms with Crippen molar-refractivity contribution >= 4 is 17.2 Å². The van der Waals surface area contributed by atoms with E-state index in [0.717, 1.165) is 24.9 Å². The van der Waals surface area contributed by atoms with Crippen LogP contribution < -0.4 is 5.73 Å². The standard InChI is InChI=1S/C13H26N2S/c1-10(2)15(9-8-13(14)16)12-6-4-11(3)5-7-12/h10-12H,4-9H2,1-3H3,(H2,14,16). The maximum absolute atomic E-state index is 5.60. The molecule has 16 heavy (non-hydrogen) atoms. The first-order valence-corrected chi connectivity index (χ1v) is 6.95. The molecule has 0 aliphatic heterocycles. The zero-order chi connectivity index (χ0) is 12.1. The van der Waals surface area contributed by atoms with E-state index in [2.05, 4.69) is 25.7 Å². The van der Waals surface area contributed by atoms with Crippen LogP contribution in [-0.4, -0.2) is 28.5 Å². The summed E-state index contributed by atoms with van der Waals surface area (Å²) >= 11 is 4.97. The van der Waals surface area contributed by atoms with Crippen LogP contribution in [-0.2, 0) is 0 Å². The summed E-state index contributed by atoms with van der Waals surface area (Å²) in [7, 11) is 0. The molecule has 1 fully saturated rings. The van der Waals surface area contributed by atoms with E-state index in [1.54, 1.807) is 0 Å². The molecule has 0 aromatic rings. The van der Waals surface area contributed by atoms with Crippen molar-refractivity contribution in [3.63, 3.8) is 0 Å². The predicted molar refractivity (Wildman–Crippen MR) is 74.7 cm³/mol. The molecular formula is C13H26N2S. The summed E-state index contributed by atoms with van der Waals surface area (Å²) in [6, 6.07) is 1.36. The molecule has 0 atom stereocenters. The van der Waals surface area contributed by atoms with Crippen LogP contribution in [0, 0.1) is 5.92 Å². The highest BCUT2D eigenvalue weighted by Crippen LogP contribution is 2.28. The van der Waals surface area contributed by atoms with E-state index in [9.17, 15) is 0 Å². The molecule has 1 saturated carbocycles. The Labute approximate surface area is 106 Å². The van der Waals surface area contributed by atoms with Gasteiger partial charge >= 0.3 is 0 Å². The van der Waals surface area contributed by atoms with Crippen LogP contribution in [0.4, 0.5) is 0 Å². The van der Waals surface area contributed by atoms with Crippen LogP contribution >= 0.6 is 12.2 Å². The molecule has 2 N–H and O–H groups in total. The summed E-state index contributed by atoms with van der Waals surface area (Å²) in [5.41, 5.74) is 5.60. The van der Waals surface area contributed by atoms with Gasteiger partial charge < -0.3 is 5.73 Å². The van der Waals surface area contributed by atoms with Gasteiger partial charge in [-0.25, -0.2) is 0 Å². The summed E-state index contributed by atoms with van der Waals surface area (Å²) in [6.07, 6.45) is 6.30. The van der Waals surface area contributed by atoms with Gasteiger partial charge in [-0.15, -0.1) is 0 Å². The largest absolute Gasteiger partial charge is 0.393 e. The Balaban J connectivity index is 2.46. The van der Waals surface area contributed by atoms with Crippen LogP contribution in [0.5, 0.6) is 0 Å². The van der Waals surface area contributed by atoms with Crippen molar-refractivity contribution in [1.29, 1.82) is 0 Å². The van der Waals surface area contributed by atoms with E-state index in [1.807, 2.05) is 0 Å². The molecule has 0 bridgehead atoms. The molecule has 94 valence electrons. The van der Waals surface area contributed by atoms with E-state index < -0.39 is 0 Å². The maximum Gasteiger partial charge on any atom is 0.0740 e. The first-order chi connectivity index (χ1) is 7.50. The number of rotatable bonds is 5. The normalized spacial score (nSPS) is 26.3. The molecule has 0 radical (unpaired) electrons. The van der Waals surface area contributed by atoms with Crippen molar-refractivity contribution in [2.75, 3.05) is 6.54 Å². The predicted octanol–water partition coefficient (Wildman–Crippen LogP) is 2.95. The van der Waals surface area contributed by atoms with E-state index >= 15 is 0 Å². The lowest BCUT2D eigenvalue weighted by Crippen LogP contribution is -2.43. The van der Waals surface area contributed by atoms with Crippen molar-refractivity contribution in [3.8, 4) is 0 Å². The van der Waals surface area contributed by atoms with E-state index in [0.29, 0.717) is 11.0 Å². The highest BCUT2D eigenvalue weighted by Gasteiger charge is 2.25. The number of thiocarbonyl (C=S) groups is 1. The smallest absolute Gasteiger partial charge is 0.0740 e. The fourth-order valence-electron chi connectivity index (χ4n) is 2.68. The third-order valence-electron chi connectivity index (χ3n) is 3.73. The second kappa shape index (κ2) is 6.55. The van der Waals surface area contributed by atoms with E-state index in [-0.39, 0.29) is 0 Å². The second-order valence-corrected chi connectivity index (χ2v) is 5.99. The molecule has 0 saturated heterocycles. The van der Waals surface area contributed by atoms with E-state index in [4.69, 9.17) is 18.0 Å². The number of hydrogen-bond donors (Lipinski definition) is 1. The second-order valence-electron chi connectivity index (χ2n) is 5.46. The minimum Gasteiger partial charge on any atom is -0.393 e. The van der Waals surface area contributed by atoms with Gasteiger partial charge in [0.15, 0.2) is 0 Å². The van der Waals surface area contributed by atoms with Crippen LogP contribution in [0.1, 0.15) is 52.9 Å². The minimum absolute atomic E-state index is 0.604. The van der Waals surface area contributed by atoms with Gasteiger partial charge in [0.05, 0.1) is 4.99 Å². The topological polar surface area (TPSA) is 29.3 Å². The fourth-order valence-corrected chi connectivity index (χ4v) is 2.77. The zero-order valence-corrected chi connectivity index (χ0v) is 11.7. The first kappa shape index (κ1) is 13.9.